The monoisotopic (exact) mass is 274 g/mol. The second-order valence-electron chi connectivity index (χ2n) is 4.08. The van der Waals surface area contributed by atoms with Gasteiger partial charge in [-0.1, -0.05) is 36.2 Å². The lowest BCUT2D eigenvalue weighted by Crippen LogP contribution is -2.22. The summed E-state index contributed by atoms with van der Waals surface area (Å²) in [7, 11) is 0. The molecule has 3 N–H and O–H groups in total. The van der Waals surface area contributed by atoms with E-state index >= 15 is 0 Å². The van der Waals surface area contributed by atoms with Crippen LogP contribution in [-0.2, 0) is 0 Å². The average molecular weight is 275 g/mol. The molecule has 4 heteroatoms. The maximum atomic E-state index is 6.02. The topological polar surface area (TPSA) is 38.0 Å². The standard InChI is InChI=1S/C13H20Cl2N2/c1-2-13(17-8-4-3-7-16)10-5-6-11(14)12(15)9-10/h5-6,9,13,17H,2-4,7-8,16H2,1H3. The first-order valence-electron chi connectivity index (χ1n) is 6.07. The summed E-state index contributed by atoms with van der Waals surface area (Å²) in [5.74, 6) is 0. The van der Waals surface area contributed by atoms with Crippen LogP contribution < -0.4 is 11.1 Å². The SMILES string of the molecule is CCC(NCCCCN)c1ccc(Cl)c(Cl)c1. The quantitative estimate of drug-likeness (QED) is 0.743. The maximum absolute atomic E-state index is 6.02. The van der Waals surface area contributed by atoms with Crippen LogP contribution in [0.3, 0.4) is 0 Å². The van der Waals surface area contributed by atoms with Gasteiger partial charge in [0.1, 0.15) is 0 Å². The molecule has 1 aromatic rings. The van der Waals surface area contributed by atoms with E-state index in [9.17, 15) is 0 Å². The molecular formula is C13H20Cl2N2. The fourth-order valence-electron chi connectivity index (χ4n) is 1.77. The van der Waals surface area contributed by atoms with Crippen molar-refractivity contribution in [2.75, 3.05) is 13.1 Å². The molecule has 0 saturated heterocycles. The van der Waals surface area contributed by atoms with Crippen LogP contribution in [0, 0.1) is 0 Å². The second kappa shape index (κ2) is 7.93. The molecule has 0 aromatic heterocycles. The van der Waals surface area contributed by atoms with Gasteiger partial charge < -0.3 is 11.1 Å². The van der Waals surface area contributed by atoms with Gasteiger partial charge in [-0.3, -0.25) is 0 Å². The molecule has 0 aliphatic heterocycles. The van der Waals surface area contributed by atoms with Crippen molar-refractivity contribution < 1.29 is 0 Å². The lowest BCUT2D eigenvalue weighted by molar-refractivity contribution is 0.504. The fraction of sp³-hybridized carbons (Fsp3) is 0.538. The highest BCUT2D eigenvalue weighted by Gasteiger charge is 2.09. The van der Waals surface area contributed by atoms with Crippen molar-refractivity contribution in [3.63, 3.8) is 0 Å². The Balaban J connectivity index is 2.56. The van der Waals surface area contributed by atoms with Gasteiger partial charge in [-0.15, -0.1) is 0 Å². The molecule has 0 fully saturated rings. The minimum absolute atomic E-state index is 0.336. The lowest BCUT2D eigenvalue weighted by Gasteiger charge is -2.18. The van der Waals surface area contributed by atoms with Gasteiger partial charge in [0.15, 0.2) is 0 Å². The molecular weight excluding hydrogens is 255 g/mol. The van der Waals surface area contributed by atoms with Gasteiger partial charge >= 0.3 is 0 Å². The fourth-order valence-corrected chi connectivity index (χ4v) is 2.08. The van der Waals surface area contributed by atoms with E-state index in [0.717, 1.165) is 32.4 Å². The summed E-state index contributed by atoms with van der Waals surface area (Å²) < 4.78 is 0. The van der Waals surface area contributed by atoms with Gasteiger partial charge in [-0.05, 0) is 50.0 Å². The molecule has 1 aromatic carbocycles. The summed E-state index contributed by atoms with van der Waals surface area (Å²) >= 11 is 11.9. The Morgan fingerprint density at radius 3 is 2.59 bits per heavy atom. The summed E-state index contributed by atoms with van der Waals surface area (Å²) in [6, 6.07) is 6.15. The highest BCUT2D eigenvalue weighted by molar-refractivity contribution is 6.42. The van der Waals surface area contributed by atoms with Gasteiger partial charge in [0, 0.05) is 6.04 Å². The molecule has 0 amide bonds. The molecule has 0 radical (unpaired) electrons. The van der Waals surface area contributed by atoms with Crippen molar-refractivity contribution in [2.45, 2.75) is 32.2 Å². The zero-order chi connectivity index (χ0) is 12.7. The first kappa shape index (κ1) is 14.8. The molecule has 0 heterocycles. The normalized spacial score (nSPS) is 12.7. The van der Waals surface area contributed by atoms with Crippen molar-refractivity contribution in [1.29, 1.82) is 0 Å². The minimum Gasteiger partial charge on any atom is -0.330 e. The molecule has 0 aliphatic rings. The molecule has 2 nitrogen and oxygen atoms in total. The third kappa shape index (κ3) is 4.84. The highest BCUT2D eigenvalue weighted by atomic mass is 35.5. The molecule has 0 aliphatic carbocycles. The van der Waals surface area contributed by atoms with Crippen LogP contribution in [0.1, 0.15) is 37.8 Å². The molecule has 96 valence electrons. The Morgan fingerprint density at radius 2 is 2.00 bits per heavy atom. The van der Waals surface area contributed by atoms with E-state index in [1.54, 1.807) is 0 Å². The number of nitrogens with two attached hydrogens (primary N) is 1. The van der Waals surface area contributed by atoms with Crippen LogP contribution >= 0.6 is 23.2 Å². The first-order chi connectivity index (χ1) is 8.19. The third-order valence-corrected chi connectivity index (χ3v) is 3.51. The number of halogens is 2. The average Bonchev–Trinajstić information content (AvgIpc) is 2.33. The maximum Gasteiger partial charge on any atom is 0.0595 e. The van der Waals surface area contributed by atoms with Crippen LogP contribution in [-0.4, -0.2) is 13.1 Å². The molecule has 0 saturated carbocycles. The Morgan fingerprint density at radius 1 is 1.24 bits per heavy atom. The van der Waals surface area contributed by atoms with Crippen molar-refractivity contribution in [3.8, 4) is 0 Å². The predicted molar refractivity (Wildman–Crippen MR) is 75.8 cm³/mol. The van der Waals surface area contributed by atoms with Crippen LogP contribution in [0.2, 0.25) is 10.0 Å². The van der Waals surface area contributed by atoms with E-state index < -0.39 is 0 Å². The summed E-state index contributed by atoms with van der Waals surface area (Å²) in [6.45, 7) is 3.89. The highest BCUT2D eigenvalue weighted by Crippen LogP contribution is 2.26. The minimum atomic E-state index is 0.336. The summed E-state index contributed by atoms with van der Waals surface area (Å²) in [4.78, 5) is 0. The summed E-state index contributed by atoms with van der Waals surface area (Å²) in [6.07, 6.45) is 3.19. The second-order valence-corrected chi connectivity index (χ2v) is 4.90. The van der Waals surface area contributed by atoms with E-state index in [2.05, 4.69) is 12.2 Å². The molecule has 0 bridgehead atoms. The predicted octanol–water partition coefficient (Wildman–Crippen LogP) is 3.77. The summed E-state index contributed by atoms with van der Waals surface area (Å²) in [5.41, 5.74) is 6.66. The van der Waals surface area contributed by atoms with E-state index in [1.165, 1.54) is 5.56 Å². The van der Waals surface area contributed by atoms with Gasteiger partial charge in [0.25, 0.3) is 0 Å². The smallest absolute Gasteiger partial charge is 0.0595 e. The lowest BCUT2D eigenvalue weighted by atomic mass is 10.0. The van der Waals surface area contributed by atoms with Crippen LogP contribution in [0.4, 0.5) is 0 Å². The van der Waals surface area contributed by atoms with Gasteiger partial charge in [-0.25, -0.2) is 0 Å². The van der Waals surface area contributed by atoms with E-state index in [0.29, 0.717) is 16.1 Å². The molecule has 0 spiro atoms. The molecule has 1 rings (SSSR count). The largest absolute Gasteiger partial charge is 0.330 e. The first-order valence-corrected chi connectivity index (χ1v) is 6.83. The Kier molecular flexibility index (Phi) is 6.90. The van der Waals surface area contributed by atoms with Crippen LogP contribution in [0.15, 0.2) is 18.2 Å². The van der Waals surface area contributed by atoms with Gasteiger partial charge in [0.2, 0.25) is 0 Å². The Labute approximate surface area is 113 Å². The van der Waals surface area contributed by atoms with E-state index in [4.69, 9.17) is 28.9 Å². The number of unbranched alkanes of at least 4 members (excludes halogenated alkanes) is 1. The van der Waals surface area contributed by atoms with Crippen LogP contribution in [0.25, 0.3) is 0 Å². The van der Waals surface area contributed by atoms with Gasteiger partial charge in [-0.2, -0.15) is 0 Å². The van der Waals surface area contributed by atoms with Crippen LogP contribution in [0.5, 0.6) is 0 Å². The number of hydrogen-bond donors (Lipinski definition) is 2. The molecule has 17 heavy (non-hydrogen) atoms. The van der Waals surface area contributed by atoms with Crippen molar-refractivity contribution >= 4 is 23.2 Å². The number of rotatable bonds is 7. The molecule has 1 atom stereocenters. The Hall–Kier alpha value is -0.280. The Bertz CT molecular complexity index is 342. The number of hydrogen-bond acceptors (Lipinski definition) is 2. The van der Waals surface area contributed by atoms with Gasteiger partial charge in [0.05, 0.1) is 10.0 Å². The number of nitrogens with one attached hydrogen (secondary N) is 1. The summed E-state index contributed by atoms with van der Waals surface area (Å²) in [5, 5.41) is 4.73. The van der Waals surface area contributed by atoms with E-state index in [1.807, 2.05) is 18.2 Å². The zero-order valence-electron chi connectivity index (χ0n) is 10.2. The third-order valence-electron chi connectivity index (χ3n) is 2.78. The zero-order valence-corrected chi connectivity index (χ0v) is 11.7. The van der Waals surface area contributed by atoms with Crippen molar-refractivity contribution in [1.82, 2.24) is 5.32 Å². The van der Waals surface area contributed by atoms with E-state index in [-0.39, 0.29) is 0 Å². The van der Waals surface area contributed by atoms with Crippen molar-refractivity contribution in [2.24, 2.45) is 5.73 Å². The molecule has 1 unspecified atom stereocenters. The number of benzene rings is 1. The van der Waals surface area contributed by atoms with Crippen molar-refractivity contribution in [3.05, 3.63) is 33.8 Å².